The Labute approximate surface area is 169 Å². The van der Waals surface area contributed by atoms with Gasteiger partial charge in [0.2, 0.25) is 11.6 Å². The van der Waals surface area contributed by atoms with Crippen LogP contribution >= 0.6 is 27.5 Å². The summed E-state index contributed by atoms with van der Waals surface area (Å²) in [6.45, 7) is 6.97. The summed E-state index contributed by atoms with van der Waals surface area (Å²) in [5, 5.41) is 26.4. The number of ether oxygens (including phenoxy) is 1. The second-order valence-electron chi connectivity index (χ2n) is 6.58. The number of hydrogen-bond donors (Lipinski definition) is 1. The summed E-state index contributed by atoms with van der Waals surface area (Å²) in [4.78, 5) is 18.1. The molecule has 0 saturated heterocycles. The van der Waals surface area contributed by atoms with E-state index in [2.05, 4.69) is 21.1 Å². The summed E-state index contributed by atoms with van der Waals surface area (Å²) in [5.41, 5.74) is -0.945. The molecule has 1 N–H and O–H groups in total. The highest BCUT2D eigenvalue weighted by Gasteiger charge is 2.28. The van der Waals surface area contributed by atoms with E-state index in [0.29, 0.717) is 9.20 Å². The van der Waals surface area contributed by atoms with Crippen LogP contribution in [-0.2, 0) is 4.84 Å². The van der Waals surface area contributed by atoms with E-state index in [1.165, 1.54) is 31.2 Å². The highest BCUT2D eigenvalue weighted by Crippen LogP contribution is 2.32. The zero-order valence-corrected chi connectivity index (χ0v) is 17.5. The minimum absolute atomic E-state index is 0.0262. The Bertz CT molecular complexity index is 909. The third kappa shape index (κ3) is 5.33. The molecule has 1 heterocycles. The molecule has 7 nitrogen and oxygen atoms in total. The Kier molecular flexibility index (Phi) is 6.33. The molecule has 0 aliphatic rings. The number of benzene rings is 1. The van der Waals surface area contributed by atoms with Gasteiger partial charge in [0.25, 0.3) is 5.78 Å². The minimum atomic E-state index is -0.736. The lowest BCUT2D eigenvalue weighted by atomic mass is 10.1. The molecule has 0 radical (unpaired) electrons. The molecule has 0 aliphatic heterocycles. The Morgan fingerprint density at radius 1 is 1.37 bits per heavy atom. The lowest BCUT2D eigenvalue weighted by Crippen LogP contribution is -2.35. The van der Waals surface area contributed by atoms with E-state index >= 15 is 0 Å². The molecule has 1 aromatic heterocycles. The highest BCUT2D eigenvalue weighted by atomic mass is 79.9. The smallest absolute Gasteiger partial charge is 0.308 e. The first-order valence-electron chi connectivity index (χ1n) is 7.85. The Hall–Kier alpha value is -2.32. The molecular formula is C18H18BrClN2O5. The summed E-state index contributed by atoms with van der Waals surface area (Å²) < 4.78 is 6.28. The van der Waals surface area contributed by atoms with Crippen molar-refractivity contribution >= 4 is 39.2 Å². The van der Waals surface area contributed by atoms with Crippen LogP contribution in [-0.4, -0.2) is 22.4 Å². The maximum absolute atomic E-state index is 12.9. The molecule has 0 bridgehead atoms. The van der Waals surface area contributed by atoms with Crippen LogP contribution in [0, 0.1) is 5.21 Å². The van der Waals surface area contributed by atoms with Gasteiger partial charge in [-0.3, -0.25) is 4.79 Å². The first-order valence-corrected chi connectivity index (χ1v) is 9.02. The molecule has 0 aliphatic carbocycles. The number of rotatable bonds is 4. The molecule has 2 rings (SSSR count). The first kappa shape index (κ1) is 21.0. The number of aromatic hydroxyl groups is 1. The molecule has 27 heavy (non-hydrogen) atoms. The number of phenols is 1. The zero-order valence-electron chi connectivity index (χ0n) is 15.1. The molecule has 0 amide bonds. The third-order valence-corrected chi connectivity index (χ3v) is 4.32. The van der Waals surface area contributed by atoms with Gasteiger partial charge in [0.15, 0.2) is 6.20 Å². The standard InChI is InChI=1S/C18H18BrClN2O5/c1-10(21-27-18(2,3)4)26-15-6-5-7-22(25)16(15)17(24)11-8-12(19)13(20)9-14(11)23/h5-9,23H,1-4H3/b21-10-. The van der Waals surface area contributed by atoms with Crippen LogP contribution in [0.25, 0.3) is 0 Å². The number of hydrogen-bond acceptors (Lipinski definition) is 6. The predicted octanol–water partition coefficient (Wildman–Crippen LogP) is 4.20. The summed E-state index contributed by atoms with van der Waals surface area (Å²) in [6, 6.07) is 5.41. The van der Waals surface area contributed by atoms with Gasteiger partial charge in [-0.1, -0.05) is 16.8 Å². The van der Waals surface area contributed by atoms with Crippen LogP contribution in [0.15, 0.2) is 40.1 Å². The van der Waals surface area contributed by atoms with Gasteiger partial charge >= 0.3 is 5.69 Å². The van der Waals surface area contributed by atoms with Crippen molar-refractivity contribution in [2.75, 3.05) is 0 Å². The number of nitrogens with zero attached hydrogens (tertiary/aromatic N) is 2. The van der Waals surface area contributed by atoms with Gasteiger partial charge in [-0.25, -0.2) is 0 Å². The van der Waals surface area contributed by atoms with E-state index in [1.54, 1.807) is 0 Å². The third-order valence-electron chi connectivity index (χ3n) is 3.13. The Morgan fingerprint density at radius 2 is 2.04 bits per heavy atom. The van der Waals surface area contributed by atoms with Crippen molar-refractivity contribution < 1.29 is 24.2 Å². The van der Waals surface area contributed by atoms with Crippen molar-refractivity contribution in [3.05, 3.63) is 56.4 Å². The highest BCUT2D eigenvalue weighted by molar-refractivity contribution is 9.10. The number of oxime groups is 1. The summed E-state index contributed by atoms with van der Waals surface area (Å²) in [5.74, 6) is -1.02. The molecule has 2 aromatic rings. The molecule has 9 heteroatoms. The van der Waals surface area contributed by atoms with E-state index in [-0.39, 0.29) is 33.7 Å². The lowest BCUT2D eigenvalue weighted by Gasteiger charge is -2.16. The van der Waals surface area contributed by atoms with Gasteiger partial charge in [-0.15, -0.1) is 0 Å². The minimum Gasteiger partial charge on any atom is -0.618 e. The number of aromatic nitrogens is 1. The molecule has 1 aromatic carbocycles. The van der Waals surface area contributed by atoms with Crippen LogP contribution in [0.5, 0.6) is 11.5 Å². The van der Waals surface area contributed by atoms with Crippen LogP contribution < -0.4 is 9.47 Å². The van der Waals surface area contributed by atoms with Gasteiger partial charge in [-0.05, 0) is 48.8 Å². The summed E-state index contributed by atoms with van der Waals surface area (Å²) >= 11 is 9.09. The van der Waals surface area contributed by atoms with E-state index in [9.17, 15) is 15.1 Å². The van der Waals surface area contributed by atoms with Gasteiger partial charge in [-0.2, -0.15) is 4.73 Å². The van der Waals surface area contributed by atoms with Gasteiger partial charge in [0.05, 0.1) is 10.6 Å². The fraction of sp³-hybridized carbons (Fsp3) is 0.278. The van der Waals surface area contributed by atoms with Gasteiger partial charge in [0.1, 0.15) is 11.4 Å². The largest absolute Gasteiger partial charge is 0.618 e. The maximum Gasteiger partial charge on any atom is 0.308 e. The van der Waals surface area contributed by atoms with Crippen molar-refractivity contribution in [1.82, 2.24) is 0 Å². The van der Waals surface area contributed by atoms with Crippen molar-refractivity contribution in [3.8, 4) is 11.5 Å². The lowest BCUT2D eigenvalue weighted by molar-refractivity contribution is -0.607. The van der Waals surface area contributed by atoms with Crippen LogP contribution in [0.1, 0.15) is 43.7 Å². The topological polar surface area (TPSA) is 95.1 Å². The molecule has 0 saturated carbocycles. The normalized spacial score (nSPS) is 12.0. The molecule has 0 fully saturated rings. The number of phenolic OH excluding ortho intramolecular Hbond substituents is 1. The van der Waals surface area contributed by atoms with Gasteiger partial charge < -0.3 is 19.9 Å². The molecule has 0 unspecified atom stereocenters. The average molecular weight is 458 g/mol. The number of carbonyl (C=O) groups excluding carboxylic acids is 1. The van der Waals surface area contributed by atoms with Gasteiger partial charge in [0, 0.05) is 23.5 Å². The van der Waals surface area contributed by atoms with Crippen LogP contribution in [0.3, 0.4) is 0 Å². The monoisotopic (exact) mass is 456 g/mol. The molecule has 0 spiro atoms. The SMILES string of the molecule is C/C(=N/OC(C)(C)C)Oc1ccc[n+]([O-])c1C(=O)c1cc(Br)c(Cl)cc1O. The molecule has 144 valence electrons. The summed E-state index contributed by atoms with van der Waals surface area (Å²) in [6.07, 6.45) is 1.15. The van der Waals surface area contributed by atoms with Crippen molar-refractivity contribution in [1.29, 1.82) is 0 Å². The van der Waals surface area contributed by atoms with E-state index in [1.807, 2.05) is 20.8 Å². The number of halogens is 2. The number of carbonyl (C=O) groups is 1. The Morgan fingerprint density at radius 3 is 2.67 bits per heavy atom. The first-order chi connectivity index (χ1) is 12.5. The fourth-order valence-electron chi connectivity index (χ4n) is 1.99. The zero-order chi connectivity index (χ0) is 20.4. The van der Waals surface area contributed by atoms with Crippen molar-refractivity contribution in [2.24, 2.45) is 5.16 Å². The van der Waals surface area contributed by atoms with Crippen molar-refractivity contribution in [2.45, 2.75) is 33.3 Å². The van der Waals surface area contributed by atoms with Crippen molar-refractivity contribution in [3.63, 3.8) is 0 Å². The van der Waals surface area contributed by atoms with Crippen LogP contribution in [0.2, 0.25) is 5.02 Å². The quantitative estimate of drug-likeness (QED) is 0.185. The predicted molar refractivity (Wildman–Crippen MR) is 104 cm³/mol. The van der Waals surface area contributed by atoms with E-state index in [4.69, 9.17) is 21.2 Å². The van der Waals surface area contributed by atoms with Crippen LogP contribution in [0.4, 0.5) is 0 Å². The second kappa shape index (κ2) is 8.14. The second-order valence-corrected chi connectivity index (χ2v) is 7.84. The number of pyridine rings is 1. The fourth-order valence-corrected chi connectivity index (χ4v) is 2.49. The molecule has 0 atom stereocenters. The van der Waals surface area contributed by atoms with E-state index < -0.39 is 11.4 Å². The van der Waals surface area contributed by atoms with E-state index in [0.717, 1.165) is 6.20 Å². The maximum atomic E-state index is 12.9. The summed E-state index contributed by atoms with van der Waals surface area (Å²) in [7, 11) is 0. The Balaban J connectivity index is 2.44. The molecular weight excluding hydrogens is 440 g/mol. The number of ketones is 1. The average Bonchev–Trinajstić information content (AvgIpc) is 2.55.